The van der Waals surface area contributed by atoms with Gasteiger partial charge in [-0.15, -0.1) is 11.3 Å². The highest BCUT2D eigenvalue weighted by molar-refractivity contribution is 7.14. The lowest BCUT2D eigenvalue weighted by molar-refractivity contribution is 0.103. The Morgan fingerprint density at radius 2 is 1.96 bits per heavy atom. The molecule has 0 radical (unpaired) electrons. The fourth-order valence-electron chi connectivity index (χ4n) is 3.54. The zero-order valence-corrected chi connectivity index (χ0v) is 15.5. The minimum Gasteiger partial charge on any atom is -0.320 e. The summed E-state index contributed by atoms with van der Waals surface area (Å²) in [7, 11) is 0. The summed E-state index contributed by atoms with van der Waals surface area (Å²) >= 11 is 1.62. The van der Waals surface area contributed by atoms with E-state index in [9.17, 15) is 4.79 Å². The number of carbonyl (C=O) groups excluding carboxylic acids is 1. The minimum atomic E-state index is -0.0583. The molecule has 1 aliphatic carbocycles. The third-order valence-electron chi connectivity index (χ3n) is 4.93. The van der Waals surface area contributed by atoms with Gasteiger partial charge in [0, 0.05) is 4.88 Å². The highest BCUT2D eigenvalue weighted by Gasteiger charge is 2.17. The molecule has 1 aromatic carbocycles. The number of carbonyl (C=O) groups is 1. The standard InChI is InChI=1S/C21H18N4OS/c26-21(19-11-14-5-1-4-8-18(14)27-19)24-15-9-10-20(22-12-15)25-13-23-16-6-2-3-7-17(16)25/h2-3,6-7,9-13H,1,4-5,8H2,(H,24,26). The summed E-state index contributed by atoms with van der Waals surface area (Å²) in [5.41, 5.74) is 3.97. The van der Waals surface area contributed by atoms with Gasteiger partial charge in [0.15, 0.2) is 0 Å². The minimum absolute atomic E-state index is 0.0583. The Balaban J connectivity index is 1.36. The lowest BCUT2D eigenvalue weighted by Crippen LogP contribution is -2.10. The molecule has 134 valence electrons. The third-order valence-corrected chi connectivity index (χ3v) is 6.16. The zero-order valence-electron chi connectivity index (χ0n) is 14.7. The number of rotatable bonds is 3. The van der Waals surface area contributed by atoms with Gasteiger partial charge in [-0.05, 0) is 61.6 Å². The van der Waals surface area contributed by atoms with Crippen LogP contribution in [0.5, 0.6) is 0 Å². The van der Waals surface area contributed by atoms with Gasteiger partial charge in [0.2, 0.25) is 0 Å². The van der Waals surface area contributed by atoms with Gasteiger partial charge in [0.05, 0.1) is 27.8 Å². The van der Waals surface area contributed by atoms with Gasteiger partial charge in [-0.1, -0.05) is 12.1 Å². The van der Waals surface area contributed by atoms with Crippen molar-refractivity contribution in [1.82, 2.24) is 14.5 Å². The average Bonchev–Trinajstić information content (AvgIpc) is 3.33. The van der Waals surface area contributed by atoms with Crippen molar-refractivity contribution in [1.29, 1.82) is 0 Å². The molecule has 1 amide bonds. The summed E-state index contributed by atoms with van der Waals surface area (Å²) in [6, 6.07) is 13.8. The SMILES string of the molecule is O=C(Nc1ccc(-n2cnc3ccccc32)nc1)c1cc2c(s1)CCCC2. The van der Waals surface area contributed by atoms with Crippen LogP contribution in [0.3, 0.4) is 0 Å². The topological polar surface area (TPSA) is 59.8 Å². The lowest BCUT2D eigenvalue weighted by Gasteiger charge is -2.08. The van der Waals surface area contributed by atoms with Crippen molar-refractivity contribution in [2.45, 2.75) is 25.7 Å². The van der Waals surface area contributed by atoms with E-state index < -0.39 is 0 Å². The predicted molar refractivity (Wildman–Crippen MR) is 108 cm³/mol. The quantitative estimate of drug-likeness (QED) is 0.569. The van der Waals surface area contributed by atoms with Gasteiger partial charge in [0.25, 0.3) is 5.91 Å². The maximum atomic E-state index is 12.6. The first-order valence-electron chi connectivity index (χ1n) is 9.09. The maximum absolute atomic E-state index is 12.6. The molecule has 6 heteroatoms. The van der Waals surface area contributed by atoms with Crippen molar-refractivity contribution in [3.8, 4) is 5.82 Å². The molecule has 1 aliphatic rings. The van der Waals surface area contributed by atoms with Gasteiger partial charge >= 0.3 is 0 Å². The van der Waals surface area contributed by atoms with Crippen LogP contribution in [0, 0.1) is 0 Å². The molecule has 1 N–H and O–H groups in total. The number of anilines is 1. The molecule has 3 heterocycles. The van der Waals surface area contributed by atoms with E-state index in [1.54, 1.807) is 23.9 Å². The van der Waals surface area contributed by atoms with Crippen LogP contribution in [0.25, 0.3) is 16.9 Å². The maximum Gasteiger partial charge on any atom is 0.265 e. The van der Waals surface area contributed by atoms with E-state index in [0.29, 0.717) is 5.69 Å². The second-order valence-corrected chi connectivity index (χ2v) is 7.87. The number of aryl methyl sites for hydroxylation is 2. The van der Waals surface area contributed by atoms with Crippen LogP contribution in [0.4, 0.5) is 5.69 Å². The second kappa shape index (κ2) is 6.63. The predicted octanol–water partition coefficient (Wildman–Crippen LogP) is 4.61. The molecule has 0 atom stereocenters. The molecule has 0 fully saturated rings. The lowest BCUT2D eigenvalue weighted by atomic mass is 9.99. The molecule has 4 aromatic rings. The number of thiophene rings is 1. The first-order chi connectivity index (χ1) is 13.3. The van der Waals surface area contributed by atoms with Crippen LogP contribution in [0.15, 0.2) is 55.0 Å². The van der Waals surface area contributed by atoms with E-state index in [1.165, 1.54) is 23.3 Å². The largest absolute Gasteiger partial charge is 0.320 e. The Bertz CT molecular complexity index is 1100. The monoisotopic (exact) mass is 374 g/mol. The second-order valence-electron chi connectivity index (χ2n) is 6.73. The summed E-state index contributed by atoms with van der Waals surface area (Å²) in [4.78, 5) is 23.6. The molecule has 0 unspecified atom stereocenters. The summed E-state index contributed by atoms with van der Waals surface area (Å²) in [6.07, 6.45) is 8.09. The van der Waals surface area contributed by atoms with Crippen molar-refractivity contribution >= 4 is 34.0 Å². The Labute approximate surface area is 160 Å². The number of hydrogen-bond acceptors (Lipinski definition) is 4. The average molecular weight is 374 g/mol. The van der Waals surface area contributed by atoms with Crippen LogP contribution in [-0.2, 0) is 12.8 Å². The van der Waals surface area contributed by atoms with Crippen LogP contribution in [0.2, 0.25) is 0 Å². The Kier molecular flexibility index (Phi) is 3.98. The Morgan fingerprint density at radius 1 is 1.07 bits per heavy atom. The first-order valence-corrected chi connectivity index (χ1v) is 9.91. The van der Waals surface area contributed by atoms with Gasteiger partial charge < -0.3 is 5.32 Å². The molecule has 5 rings (SSSR count). The molecular formula is C21H18N4OS. The number of nitrogens with zero attached hydrogens (tertiary/aromatic N) is 3. The van der Waals surface area contributed by atoms with Crippen molar-refractivity contribution in [3.63, 3.8) is 0 Å². The van der Waals surface area contributed by atoms with E-state index in [-0.39, 0.29) is 5.91 Å². The fourth-order valence-corrected chi connectivity index (χ4v) is 4.69. The molecule has 5 nitrogen and oxygen atoms in total. The highest BCUT2D eigenvalue weighted by Crippen LogP contribution is 2.30. The summed E-state index contributed by atoms with van der Waals surface area (Å²) in [5, 5.41) is 2.96. The Hall–Kier alpha value is -2.99. The highest BCUT2D eigenvalue weighted by atomic mass is 32.1. The van der Waals surface area contributed by atoms with Crippen molar-refractivity contribution in [2.24, 2.45) is 0 Å². The van der Waals surface area contributed by atoms with Crippen LogP contribution < -0.4 is 5.32 Å². The van der Waals surface area contributed by atoms with Gasteiger partial charge in [0.1, 0.15) is 12.1 Å². The summed E-state index contributed by atoms with van der Waals surface area (Å²) in [6.45, 7) is 0. The number of benzene rings is 1. The summed E-state index contributed by atoms with van der Waals surface area (Å²) in [5.74, 6) is 0.713. The molecule has 0 saturated heterocycles. The van der Waals surface area contributed by atoms with Crippen molar-refractivity contribution < 1.29 is 4.79 Å². The van der Waals surface area contributed by atoms with E-state index in [1.807, 2.05) is 47.0 Å². The van der Waals surface area contributed by atoms with E-state index in [4.69, 9.17) is 0 Å². The molecule has 27 heavy (non-hydrogen) atoms. The number of nitrogens with one attached hydrogen (secondary N) is 1. The number of aromatic nitrogens is 3. The zero-order chi connectivity index (χ0) is 18.2. The van der Waals surface area contributed by atoms with Crippen LogP contribution in [0.1, 0.15) is 33.0 Å². The van der Waals surface area contributed by atoms with Crippen molar-refractivity contribution in [3.05, 3.63) is 70.3 Å². The van der Waals surface area contributed by atoms with Crippen LogP contribution >= 0.6 is 11.3 Å². The Morgan fingerprint density at radius 3 is 2.81 bits per heavy atom. The number of fused-ring (bicyclic) bond motifs is 2. The van der Waals surface area contributed by atoms with Crippen LogP contribution in [-0.4, -0.2) is 20.4 Å². The summed E-state index contributed by atoms with van der Waals surface area (Å²) < 4.78 is 1.94. The third kappa shape index (κ3) is 3.02. The molecule has 0 spiro atoms. The van der Waals surface area contributed by atoms with E-state index in [2.05, 4.69) is 15.3 Å². The number of amides is 1. The normalized spacial score (nSPS) is 13.5. The van der Waals surface area contributed by atoms with Crippen molar-refractivity contribution in [2.75, 3.05) is 5.32 Å². The van der Waals surface area contributed by atoms with Gasteiger partial charge in [-0.3, -0.25) is 9.36 Å². The number of hydrogen-bond donors (Lipinski definition) is 1. The smallest absolute Gasteiger partial charge is 0.265 e. The molecule has 3 aromatic heterocycles. The fraction of sp³-hybridized carbons (Fsp3) is 0.190. The number of imidazole rings is 1. The molecule has 0 bridgehead atoms. The van der Waals surface area contributed by atoms with Gasteiger partial charge in [-0.2, -0.15) is 0 Å². The molecule has 0 saturated carbocycles. The van der Waals surface area contributed by atoms with Gasteiger partial charge in [-0.25, -0.2) is 9.97 Å². The number of para-hydroxylation sites is 2. The number of pyridine rings is 1. The van der Waals surface area contributed by atoms with E-state index >= 15 is 0 Å². The molecular weight excluding hydrogens is 356 g/mol. The molecule has 0 aliphatic heterocycles. The first kappa shape index (κ1) is 16.2. The van der Waals surface area contributed by atoms with E-state index in [0.717, 1.165) is 34.6 Å².